The number of carbonyl (C=O) groups excluding carboxylic acids is 2. The molecule has 1 atom stereocenters. The minimum atomic E-state index is -0.561. The highest BCUT2D eigenvalue weighted by molar-refractivity contribution is 5.84. The molecule has 1 aliphatic heterocycles. The van der Waals surface area contributed by atoms with Crippen molar-refractivity contribution in [2.45, 2.75) is 65.0 Å². The zero-order chi connectivity index (χ0) is 22.8. The number of nitrogens with zero attached hydrogens (tertiary/aromatic N) is 2. The molecule has 174 valence electrons. The first kappa shape index (κ1) is 26.0. The lowest BCUT2D eigenvalue weighted by Gasteiger charge is -2.34. The van der Waals surface area contributed by atoms with Crippen LogP contribution in [0.1, 0.15) is 53.9 Å². The van der Waals surface area contributed by atoms with Gasteiger partial charge in [-0.3, -0.25) is 4.79 Å². The van der Waals surface area contributed by atoms with Gasteiger partial charge in [0.15, 0.2) is 5.96 Å². The molecule has 0 bridgehead atoms. The summed E-state index contributed by atoms with van der Waals surface area (Å²) >= 11 is 0. The number of alkyl carbamates (subject to hydrolysis) is 1. The van der Waals surface area contributed by atoms with E-state index in [1.807, 2.05) is 34.6 Å². The van der Waals surface area contributed by atoms with Gasteiger partial charge >= 0.3 is 6.09 Å². The maximum Gasteiger partial charge on any atom is 0.408 e. The lowest BCUT2D eigenvalue weighted by Crippen LogP contribution is -2.57. The van der Waals surface area contributed by atoms with Crippen LogP contribution in [0.3, 0.4) is 0 Å². The monoisotopic (exact) mass is 427 g/mol. The molecule has 1 unspecified atom stereocenters. The van der Waals surface area contributed by atoms with Crippen molar-refractivity contribution in [1.29, 1.82) is 0 Å². The molecular formula is C21H41N5O4. The van der Waals surface area contributed by atoms with Crippen LogP contribution in [-0.2, 0) is 14.3 Å². The van der Waals surface area contributed by atoms with E-state index in [4.69, 9.17) is 9.47 Å². The van der Waals surface area contributed by atoms with Gasteiger partial charge in [-0.2, -0.15) is 0 Å². The Morgan fingerprint density at radius 2 is 1.83 bits per heavy atom. The van der Waals surface area contributed by atoms with Crippen LogP contribution in [0.5, 0.6) is 0 Å². The number of hydrogen-bond donors (Lipinski definition) is 3. The topological polar surface area (TPSA) is 104 Å². The van der Waals surface area contributed by atoms with Crippen molar-refractivity contribution in [3.63, 3.8) is 0 Å². The molecule has 0 radical (unpaired) electrons. The van der Waals surface area contributed by atoms with E-state index in [1.54, 1.807) is 14.1 Å². The number of rotatable bonds is 9. The summed E-state index contributed by atoms with van der Waals surface area (Å²) in [5.74, 6) is 0.891. The van der Waals surface area contributed by atoms with Crippen LogP contribution >= 0.6 is 0 Å². The average molecular weight is 428 g/mol. The fourth-order valence-corrected chi connectivity index (χ4v) is 2.94. The Bertz CT molecular complexity index is 576. The van der Waals surface area contributed by atoms with Crippen LogP contribution in [0, 0.1) is 5.92 Å². The number of carbonyl (C=O) groups is 2. The van der Waals surface area contributed by atoms with Crippen LogP contribution in [0.2, 0.25) is 0 Å². The fraction of sp³-hybridized carbons (Fsp3) is 0.857. The van der Waals surface area contributed by atoms with E-state index in [0.29, 0.717) is 25.0 Å². The molecule has 30 heavy (non-hydrogen) atoms. The molecule has 1 fully saturated rings. The van der Waals surface area contributed by atoms with Gasteiger partial charge in [0.1, 0.15) is 12.1 Å². The second-order valence-corrected chi connectivity index (χ2v) is 9.03. The third-order valence-electron chi connectivity index (χ3n) is 5.17. The zero-order valence-electron chi connectivity index (χ0n) is 19.8. The maximum atomic E-state index is 12.4. The van der Waals surface area contributed by atoms with Gasteiger partial charge < -0.3 is 30.3 Å². The van der Waals surface area contributed by atoms with Crippen molar-refractivity contribution < 1.29 is 19.1 Å². The van der Waals surface area contributed by atoms with Crippen molar-refractivity contribution >= 4 is 18.0 Å². The van der Waals surface area contributed by atoms with Crippen molar-refractivity contribution in [1.82, 2.24) is 20.9 Å². The molecule has 2 amide bonds. The number of hydrogen-bond acceptors (Lipinski definition) is 5. The summed E-state index contributed by atoms with van der Waals surface area (Å²) in [4.78, 5) is 30.3. The Morgan fingerprint density at radius 1 is 1.17 bits per heavy atom. The summed E-state index contributed by atoms with van der Waals surface area (Å²) in [6.07, 6.45) is 2.00. The predicted molar refractivity (Wildman–Crippen MR) is 119 cm³/mol. The van der Waals surface area contributed by atoms with Gasteiger partial charge in [0.25, 0.3) is 0 Å². The van der Waals surface area contributed by atoms with Crippen molar-refractivity contribution in [2.24, 2.45) is 10.9 Å². The van der Waals surface area contributed by atoms with Crippen LogP contribution in [-0.4, -0.2) is 80.9 Å². The first-order valence-electron chi connectivity index (χ1n) is 10.8. The van der Waals surface area contributed by atoms with E-state index in [9.17, 15) is 9.59 Å². The van der Waals surface area contributed by atoms with E-state index in [0.717, 1.165) is 32.5 Å². The van der Waals surface area contributed by atoms with Gasteiger partial charge in [-0.05, 0) is 40.0 Å². The van der Waals surface area contributed by atoms with Gasteiger partial charge in [0, 0.05) is 39.7 Å². The van der Waals surface area contributed by atoms with E-state index >= 15 is 0 Å². The minimum Gasteiger partial charge on any atom is -0.444 e. The highest BCUT2D eigenvalue weighted by atomic mass is 16.6. The Balaban J connectivity index is 2.80. The molecule has 9 nitrogen and oxygen atoms in total. The van der Waals surface area contributed by atoms with E-state index in [-0.39, 0.29) is 12.5 Å². The summed E-state index contributed by atoms with van der Waals surface area (Å²) in [5.41, 5.74) is -1.05. The van der Waals surface area contributed by atoms with Gasteiger partial charge in [0.2, 0.25) is 5.91 Å². The summed E-state index contributed by atoms with van der Waals surface area (Å²) in [5, 5.41) is 9.64. The number of amides is 2. The van der Waals surface area contributed by atoms with Gasteiger partial charge in [0.05, 0.1) is 12.1 Å². The molecular weight excluding hydrogens is 386 g/mol. The predicted octanol–water partition coefficient (Wildman–Crippen LogP) is 1.73. The van der Waals surface area contributed by atoms with Crippen LogP contribution in [0.25, 0.3) is 0 Å². The van der Waals surface area contributed by atoms with E-state index in [1.165, 1.54) is 4.90 Å². The zero-order valence-corrected chi connectivity index (χ0v) is 19.8. The second kappa shape index (κ2) is 12.0. The normalized spacial score (nSPS) is 17.4. The minimum absolute atomic E-state index is 0.0498. The molecule has 0 aromatic carbocycles. The standard InChI is InChI=1S/C21H41N5O4/c1-8-21(9-2,25-19(28)30-20(3,4)5)15-24-18(23-13-17(27)26(6)7)22-12-16-10-11-29-14-16/h16H,8-15H2,1-7H3,(H,25,28)(H2,22,23,24). The summed E-state index contributed by atoms with van der Waals surface area (Å²) in [6, 6.07) is 0. The molecule has 1 heterocycles. The molecule has 1 rings (SSSR count). The lowest BCUT2D eigenvalue weighted by molar-refractivity contribution is -0.127. The smallest absolute Gasteiger partial charge is 0.408 e. The number of likely N-dealkylation sites (N-methyl/N-ethyl adjacent to an activating group) is 1. The largest absolute Gasteiger partial charge is 0.444 e. The third kappa shape index (κ3) is 9.65. The number of ether oxygens (including phenoxy) is 2. The van der Waals surface area contributed by atoms with Crippen molar-refractivity contribution in [2.75, 3.05) is 46.9 Å². The fourth-order valence-electron chi connectivity index (χ4n) is 2.94. The Kier molecular flexibility index (Phi) is 10.4. The Labute approximate surface area is 181 Å². The molecule has 9 heteroatoms. The molecule has 0 aliphatic carbocycles. The maximum absolute atomic E-state index is 12.4. The van der Waals surface area contributed by atoms with E-state index < -0.39 is 17.2 Å². The molecule has 1 saturated heterocycles. The quantitative estimate of drug-likeness (QED) is 0.382. The van der Waals surface area contributed by atoms with Gasteiger partial charge in [-0.1, -0.05) is 13.8 Å². The van der Waals surface area contributed by atoms with Crippen molar-refractivity contribution in [3.8, 4) is 0 Å². The molecule has 1 aliphatic rings. The second-order valence-electron chi connectivity index (χ2n) is 9.03. The Hall–Kier alpha value is -2.03. The third-order valence-corrected chi connectivity index (χ3v) is 5.17. The first-order valence-corrected chi connectivity index (χ1v) is 10.8. The highest BCUT2D eigenvalue weighted by Crippen LogP contribution is 2.16. The summed E-state index contributed by atoms with van der Waals surface area (Å²) in [6.45, 7) is 12.3. The van der Waals surface area contributed by atoms with Crippen LogP contribution in [0.15, 0.2) is 4.99 Å². The van der Waals surface area contributed by atoms with Gasteiger partial charge in [-0.25, -0.2) is 9.79 Å². The summed E-state index contributed by atoms with van der Waals surface area (Å²) < 4.78 is 10.9. The number of nitrogens with one attached hydrogen (secondary N) is 3. The average Bonchev–Trinajstić information content (AvgIpc) is 3.18. The molecule has 0 aromatic rings. The summed E-state index contributed by atoms with van der Waals surface area (Å²) in [7, 11) is 3.41. The van der Waals surface area contributed by atoms with Gasteiger partial charge in [-0.15, -0.1) is 0 Å². The van der Waals surface area contributed by atoms with E-state index in [2.05, 4.69) is 20.9 Å². The van der Waals surface area contributed by atoms with Crippen molar-refractivity contribution in [3.05, 3.63) is 0 Å². The molecule has 0 spiro atoms. The SMILES string of the molecule is CCC(CC)(CNC(=NCC(=O)N(C)C)NCC1CCOC1)NC(=O)OC(C)(C)C. The lowest BCUT2D eigenvalue weighted by atomic mass is 9.93. The highest BCUT2D eigenvalue weighted by Gasteiger charge is 2.31. The first-order chi connectivity index (χ1) is 14.0. The number of guanidine groups is 1. The van der Waals surface area contributed by atoms with Crippen LogP contribution in [0.4, 0.5) is 4.79 Å². The Morgan fingerprint density at radius 3 is 2.33 bits per heavy atom. The molecule has 0 saturated carbocycles. The number of aliphatic imine (C=N–C) groups is 1. The molecule has 3 N–H and O–H groups in total. The van der Waals surface area contributed by atoms with Crippen LogP contribution < -0.4 is 16.0 Å². The molecule has 0 aromatic heterocycles.